The van der Waals surface area contributed by atoms with Gasteiger partial charge in [-0.3, -0.25) is 14.4 Å². The number of allylic oxidation sites excluding steroid dienone is 6. The summed E-state index contributed by atoms with van der Waals surface area (Å²) in [6, 6.07) is -1.11. The Morgan fingerprint density at radius 3 is 2.27 bits per heavy atom. The van der Waals surface area contributed by atoms with Crippen molar-refractivity contribution in [2.75, 3.05) is 20.8 Å². The van der Waals surface area contributed by atoms with Gasteiger partial charge in [0, 0.05) is 45.4 Å². The van der Waals surface area contributed by atoms with Crippen molar-refractivity contribution in [1.82, 2.24) is 4.90 Å². The van der Waals surface area contributed by atoms with Gasteiger partial charge < -0.3 is 43.5 Å². The number of amides is 1. The Bertz CT molecular complexity index is 1820. The molecule has 370 valence electrons. The van der Waals surface area contributed by atoms with E-state index >= 15 is 0 Å². The molecule has 1 saturated carbocycles. The van der Waals surface area contributed by atoms with Crippen LogP contribution in [0.4, 0.5) is 4.79 Å². The van der Waals surface area contributed by atoms with E-state index in [9.17, 15) is 34.2 Å². The molecule has 14 nitrogen and oxygen atoms in total. The smallest absolute Gasteiger partial charge is 0.460 e. The van der Waals surface area contributed by atoms with Crippen molar-refractivity contribution >= 4 is 29.6 Å². The molecule has 16 atom stereocenters. The summed E-state index contributed by atoms with van der Waals surface area (Å²) in [6.07, 6.45) is 12.6. The highest BCUT2D eigenvalue weighted by atomic mass is 16.8. The summed E-state index contributed by atoms with van der Waals surface area (Å²) in [5, 5.41) is 22.4. The number of hydrogen-bond donors (Lipinski definition) is 2. The van der Waals surface area contributed by atoms with Crippen LogP contribution in [-0.2, 0) is 47.6 Å². The standard InChI is InChI=1S/C52H79NO13/c1-30-16-12-11-13-17-31(2)43(61-9)28-39-21-19-37(8)52(60,66-39)48(56)49(57)53-23-15-14-18-40(53)50(58)63-44(34(5)27-38-20-22-41(54)33(4)26-38)29-42(55)32(3)25-36(7)46-47(62-10)45(35(6)24-30)64-51(59)65-46/h11-13,16-17,25,30,32-35,37-41,43-47,54,60H,14-15,18-24,26-29H2,1-10H3/b13-11+,16-12+,31-17?,36-25+. The van der Waals surface area contributed by atoms with Crippen LogP contribution in [0.15, 0.2) is 47.6 Å². The molecule has 16 unspecified atom stereocenters. The minimum absolute atomic E-state index is 0.108. The number of aliphatic hydroxyl groups is 2. The summed E-state index contributed by atoms with van der Waals surface area (Å²) in [5.41, 5.74) is 1.52. The molecule has 5 aliphatic rings. The van der Waals surface area contributed by atoms with Gasteiger partial charge in [0.25, 0.3) is 11.7 Å². The summed E-state index contributed by atoms with van der Waals surface area (Å²) < 4.78 is 35.8. The van der Waals surface area contributed by atoms with E-state index in [1.807, 2.05) is 52.0 Å². The van der Waals surface area contributed by atoms with E-state index < -0.39 is 84.1 Å². The maximum Gasteiger partial charge on any atom is 0.509 e. The average molecular weight is 926 g/mol. The number of nitrogens with zero attached hydrogens (tertiary/aromatic N) is 1. The summed E-state index contributed by atoms with van der Waals surface area (Å²) in [7, 11) is 3.14. The molecule has 4 fully saturated rings. The van der Waals surface area contributed by atoms with Gasteiger partial charge in [0.2, 0.25) is 5.79 Å². The average Bonchev–Trinajstić information content (AvgIpc) is 3.28. The van der Waals surface area contributed by atoms with Gasteiger partial charge in [-0.1, -0.05) is 78.0 Å². The number of carbonyl (C=O) groups is 5. The number of Topliss-reactive ketones (excluding diaryl/α,β-unsaturated/α-hetero) is 2. The van der Waals surface area contributed by atoms with E-state index in [4.69, 9.17) is 28.4 Å². The molecule has 66 heavy (non-hydrogen) atoms. The van der Waals surface area contributed by atoms with Gasteiger partial charge in [0.15, 0.2) is 6.10 Å². The molecular formula is C52H79NO13. The second kappa shape index (κ2) is 24.0. The maximum atomic E-state index is 14.4. The monoisotopic (exact) mass is 926 g/mol. The predicted molar refractivity (Wildman–Crippen MR) is 248 cm³/mol. The van der Waals surface area contributed by atoms with E-state index in [-0.39, 0.29) is 60.9 Å². The first kappa shape index (κ1) is 53.3. The second-order valence-corrected chi connectivity index (χ2v) is 20.4. The van der Waals surface area contributed by atoms with Gasteiger partial charge in [0.05, 0.1) is 18.3 Å². The molecule has 0 aromatic rings. The van der Waals surface area contributed by atoms with Crippen LogP contribution < -0.4 is 0 Å². The van der Waals surface area contributed by atoms with E-state index in [0.29, 0.717) is 56.9 Å². The van der Waals surface area contributed by atoms with Crippen molar-refractivity contribution in [2.24, 2.45) is 41.4 Å². The van der Waals surface area contributed by atoms with Crippen LogP contribution in [-0.4, -0.2) is 120 Å². The Kier molecular flexibility index (Phi) is 19.4. The van der Waals surface area contributed by atoms with Gasteiger partial charge in [-0.05, 0) is 119 Å². The number of rotatable bonds is 5. The number of fused-ring (bicyclic) bond motifs is 5. The fourth-order valence-electron chi connectivity index (χ4n) is 10.9. The van der Waals surface area contributed by atoms with Crippen molar-refractivity contribution in [3.63, 3.8) is 0 Å². The first-order chi connectivity index (χ1) is 31.3. The maximum absolute atomic E-state index is 14.4. The van der Waals surface area contributed by atoms with Crippen LogP contribution >= 0.6 is 0 Å². The summed E-state index contributed by atoms with van der Waals surface area (Å²) in [4.78, 5) is 71.3. The molecule has 4 aliphatic heterocycles. The predicted octanol–water partition coefficient (Wildman–Crippen LogP) is 7.78. The summed E-state index contributed by atoms with van der Waals surface area (Å²) in [6.45, 7) is 15.4. The van der Waals surface area contributed by atoms with E-state index in [0.717, 1.165) is 18.4 Å². The van der Waals surface area contributed by atoms with E-state index in [1.165, 1.54) is 4.90 Å². The molecule has 5 rings (SSSR count). The van der Waals surface area contributed by atoms with Crippen LogP contribution in [0.2, 0.25) is 0 Å². The normalized spacial score (nSPS) is 40.9. The van der Waals surface area contributed by atoms with Crippen LogP contribution in [0.5, 0.6) is 0 Å². The van der Waals surface area contributed by atoms with Crippen LogP contribution in [0.25, 0.3) is 0 Å². The molecule has 1 amide bonds. The quantitative estimate of drug-likeness (QED) is 0.155. The number of ether oxygens (including phenoxy) is 6. The molecule has 4 bridgehead atoms. The van der Waals surface area contributed by atoms with Crippen LogP contribution in [0.3, 0.4) is 0 Å². The SMILES string of the molecule is COC1CC2CCC(C)C(O)(O2)C(=O)C(=O)N2CCCCC2C(=O)OC(C(C)CC2CCC(O)C(C)C2)CC(=O)C(C)/C=C(\C)C2OC(=O)OC(C(C)CC(C)/C=C/C=C/C=C1C)C2OC. The molecular weight excluding hydrogens is 847 g/mol. The molecule has 0 spiro atoms. The highest BCUT2D eigenvalue weighted by Crippen LogP contribution is 2.39. The number of hydrogen-bond acceptors (Lipinski definition) is 13. The number of methoxy groups -OCH3 is 2. The highest BCUT2D eigenvalue weighted by molar-refractivity contribution is 6.39. The first-order valence-corrected chi connectivity index (χ1v) is 24.6. The molecule has 0 aromatic carbocycles. The Morgan fingerprint density at radius 1 is 0.833 bits per heavy atom. The largest absolute Gasteiger partial charge is 0.509 e. The van der Waals surface area contributed by atoms with Gasteiger partial charge in [-0.2, -0.15) is 0 Å². The zero-order chi connectivity index (χ0) is 48.5. The Balaban J connectivity index is 1.49. The molecule has 14 heteroatoms. The number of aliphatic hydroxyl groups excluding tert-OH is 1. The molecule has 3 saturated heterocycles. The van der Waals surface area contributed by atoms with E-state index in [1.54, 1.807) is 41.1 Å². The lowest BCUT2D eigenvalue weighted by molar-refractivity contribution is -0.265. The lowest BCUT2D eigenvalue weighted by Crippen LogP contribution is -2.61. The Morgan fingerprint density at radius 2 is 1.58 bits per heavy atom. The molecule has 2 N–H and O–H groups in total. The topological polar surface area (TPSA) is 184 Å². The van der Waals surface area contributed by atoms with Gasteiger partial charge in [-0.25, -0.2) is 9.59 Å². The molecule has 0 aromatic heterocycles. The second-order valence-electron chi connectivity index (χ2n) is 20.4. The first-order valence-electron chi connectivity index (χ1n) is 24.6. The van der Waals surface area contributed by atoms with Crippen molar-refractivity contribution in [3.8, 4) is 0 Å². The minimum Gasteiger partial charge on any atom is -0.460 e. The lowest BCUT2D eigenvalue weighted by Gasteiger charge is -2.42. The fraction of sp³-hybridized carbons (Fsp3) is 0.750. The number of ketones is 2. The molecule has 0 radical (unpaired) electrons. The molecule has 1 aliphatic carbocycles. The fourth-order valence-corrected chi connectivity index (χ4v) is 10.9. The number of esters is 1. The number of piperidine rings is 1. The third kappa shape index (κ3) is 13.3. The van der Waals surface area contributed by atoms with Crippen molar-refractivity contribution in [2.45, 2.75) is 187 Å². The number of carbonyl (C=O) groups excluding carboxylic acids is 5. The van der Waals surface area contributed by atoms with Gasteiger partial charge in [0.1, 0.15) is 30.1 Å². The number of cyclic esters (lactones) is 1. The summed E-state index contributed by atoms with van der Waals surface area (Å²) in [5.74, 6) is -6.72. The van der Waals surface area contributed by atoms with Crippen LogP contribution in [0.1, 0.15) is 132 Å². The third-order valence-corrected chi connectivity index (χ3v) is 15.1. The van der Waals surface area contributed by atoms with E-state index in [2.05, 4.69) is 13.0 Å². The minimum atomic E-state index is -2.41. The highest BCUT2D eigenvalue weighted by Gasteiger charge is 2.53. The van der Waals surface area contributed by atoms with Crippen molar-refractivity contribution in [1.29, 1.82) is 0 Å². The molecule has 4 heterocycles. The third-order valence-electron chi connectivity index (χ3n) is 15.1. The van der Waals surface area contributed by atoms with Gasteiger partial charge >= 0.3 is 12.1 Å². The van der Waals surface area contributed by atoms with Crippen LogP contribution in [0, 0.1) is 41.4 Å². The van der Waals surface area contributed by atoms with Crippen molar-refractivity contribution in [3.05, 3.63) is 47.6 Å². The Hall–Kier alpha value is -3.69. The lowest BCUT2D eigenvalue weighted by atomic mass is 9.75. The van der Waals surface area contributed by atoms with Crippen molar-refractivity contribution < 1.29 is 62.6 Å². The van der Waals surface area contributed by atoms with Gasteiger partial charge in [-0.15, -0.1) is 0 Å². The zero-order valence-corrected chi connectivity index (χ0v) is 41.1. The summed E-state index contributed by atoms with van der Waals surface area (Å²) >= 11 is 0. The zero-order valence-electron chi connectivity index (χ0n) is 41.1. The Labute approximate surface area is 392 Å².